The van der Waals surface area contributed by atoms with Crippen molar-refractivity contribution in [3.8, 4) is 5.88 Å². The Morgan fingerprint density at radius 3 is 3.08 bits per heavy atom. The molecule has 0 bridgehead atoms. The number of hydrogen-bond donors (Lipinski definition) is 1. The molecule has 12 heavy (non-hydrogen) atoms. The van der Waals surface area contributed by atoms with Gasteiger partial charge in [0.05, 0.1) is 6.61 Å². The summed E-state index contributed by atoms with van der Waals surface area (Å²) in [5, 5.41) is 0. The number of hydrogen-bond acceptors (Lipinski definition) is 4. The van der Waals surface area contributed by atoms with Gasteiger partial charge in [-0.15, -0.1) is 0 Å². The normalized spacial score (nSPS) is 9.83. The molecular weight excluding hydrogens is 154 g/mol. The van der Waals surface area contributed by atoms with E-state index in [0.29, 0.717) is 25.5 Å². The third-order valence-electron chi connectivity index (χ3n) is 1.34. The fraction of sp³-hybridized carbons (Fsp3) is 0.500. The molecule has 0 aromatic carbocycles. The Hall–Kier alpha value is -1.16. The van der Waals surface area contributed by atoms with E-state index < -0.39 is 0 Å². The van der Waals surface area contributed by atoms with Gasteiger partial charge < -0.3 is 10.5 Å². The molecular formula is C8H13N3O. The van der Waals surface area contributed by atoms with Crippen LogP contribution in [0.2, 0.25) is 0 Å². The van der Waals surface area contributed by atoms with E-state index in [2.05, 4.69) is 9.97 Å². The Labute approximate surface area is 71.8 Å². The van der Waals surface area contributed by atoms with Crippen molar-refractivity contribution in [3.05, 3.63) is 18.1 Å². The molecule has 1 aromatic rings. The standard InChI is InChI=1S/C8H13N3O/c1-2-12-8-4-6-10-7(11-8)3-5-9/h4,6H,2-3,5,9H2,1H3. The predicted octanol–water partition coefficient (Wildman–Crippen LogP) is 0.376. The molecule has 0 aliphatic heterocycles. The number of ether oxygens (including phenoxy) is 1. The van der Waals surface area contributed by atoms with Crippen LogP contribution in [0.15, 0.2) is 12.3 Å². The summed E-state index contributed by atoms with van der Waals surface area (Å²) >= 11 is 0. The Bertz CT molecular complexity index is 218. The molecule has 2 N–H and O–H groups in total. The third-order valence-corrected chi connectivity index (χ3v) is 1.34. The summed E-state index contributed by atoms with van der Waals surface area (Å²) in [7, 11) is 0. The molecule has 4 heteroatoms. The zero-order chi connectivity index (χ0) is 8.81. The van der Waals surface area contributed by atoms with E-state index in [4.69, 9.17) is 10.5 Å². The number of aromatic nitrogens is 2. The second-order valence-corrected chi connectivity index (χ2v) is 2.28. The second kappa shape index (κ2) is 4.66. The highest BCUT2D eigenvalue weighted by Gasteiger charge is 1.97. The molecule has 0 radical (unpaired) electrons. The van der Waals surface area contributed by atoms with Crippen molar-refractivity contribution in [1.82, 2.24) is 9.97 Å². The monoisotopic (exact) mass is 167 g/mol. The molecule has 0 amide bonds. The molecule has 4 nitrogen and oxygen atoms in total. The van der Waals surface area contributed by atoms with Crippen LogP contribution in [0.5, 0.6) is 5.88 Å². The van der Waals surface area contributed by atoms with Gasteiger partial charge in [0.15, 0.2) is 0 Å². The largest absolute Gasteiger partial charge is 0.478 e. The van der Waals surface area contributed by atoms with Crippen LogP contribution in [0.3, 0.4) is 0 Å². The average Bonchev–Trinajstić information content (AvgIpc) is 2.06. The minimum Gasteiger partial charge on any atom is -0.478 e. The van der Waals surface area contributed by atoms with Gasteiger partial charge in [0.2, 0.25) is 5.88 Å². The quantitative estimate of drug-likeness (QED) is 0.704. The number of rotatable bonds is 4. The van der Waals surface area contributed by atoms with Gasteiger partial charge >= 0.3 is 0 Å². The first-order chi connectivity index (χ1) is 5.86. The van der Waals surface area contributed by atoms with E-state index in [1.165, 1.54) is 0 Å². The van der Waals surface area contributed by atoms with Crippen LogP contribution >= 0.6 is 0 Å². The first kappa shape index (κ1) is 8.93. The van der Waals surface area contributed by atoms with Crippen molar-refractivity contribution in [2.45, 2.75) is 13.3 Å². The summed E-state index contributed by atoms with van der Waals surface area (Å²) in [4.78, 5) is 8.18. The maximum Gasteiger partial charge on any atom is 0.216 e. The lowest BCUT2D eigenvalue weighted by molar-refractivity contribution is 0.325. The molecule has 1 aromatic heterocycles. The lowest BCUT2D eigenvalue weighted by Gasteiger charge is -2.02. The fourth-order valence-corrected chi connectivity index (χ4v) is 0.858. The lowest BCUT2D eigenvalue weighted by atomic mass is 10.4. The van der Waals surface area contributed by atoms with E-state index in [0.717, 1.165) is 5.82 Å². The summed E-state index contributed by atoms with van der Waals surface area (Å²) in [6.45, 7) is 3.11. The summed E-state index contributed by atoms with van der Waals surface area (Å²) < 4.78 is 5.20. The Morgan fingerprint density at radius 2 is 2.42 bits per heavy atom. The number of nitrogens with two attached hydrogens (primary N) is 1. The van der Waals surface area contributed by atoms with Crippen LogP contribution in [0.4, 0.5) is 0 Å². The summed E-state index contributed by atoms with van der Waals surface area (Å²) in [6, 6.07) is 1.74. The van der Waals surface area contributed by atoms with Gasteiger partial charge in [-0.2, -0.15) is 4.98 Å². The molecule has 66 valence electrons. The van der Waals surface area contributed by atoms with Crippen LogP contribution in [0, 0.1) is 0 Å². The third kappa shape index (κ3) is 2.47. The van der Waals surface area contributed by atoms with Crippen molar-refractivity contribution in [3.63, 3.8) is 0 Å². The second-order valence-electron chi connectivity index (χ2n) is 2.28. The van der Waals surface area contributed by atoms with E-state index in [1.807, 2.05) is 6.92 Å². The molecule has 1 heterocycles. The van der Waals surface area contributed by atoms with E-state index in [9.17, 15) is 0 Å². The summed E-state index contributed by atoms with van der Waals surface area (Å²) in [6.07, 6.45) is 2.38. The van der Waals surface area contributed by atoms with Gasteiger partial charge in [0.25, 0.3) is 0 Å². The Morgan fingerprint density at radius 1 is 1.58 bits per heavy atom. The maximum absolute atomic E-state index is 5.36. The van der Waals surface area contributed by atoms with Gasteiger partial charge in [-0.1, -0.05) is 0 Å². The van der Waals surface area contributed by atoms with Crippen molar-refractivity contribution in [1.29, 1.82) is 0 Å². The maximum atomic E-state index is 5.36. The Balaban J connectivity index is 2.67. The zero-order valence-corrected chi connectivity index (χ0v) is 7.16. The zero-order valence-electron chi connectivity index (χ0n) is 7.16. The average molecular weight is 167 g/mol. The van der Waals surface area contributed by atoms with Crippen LogP contribution in [-0.4, -0.2) is 23.1 Å². The molecule has 0 fully saturated rings. The van der Waals surface area contributed by atoms with Crippen molar-refractivity contribution in [2.24, 2.45) is 5.73 Å². The molecule has 1 rings (SSSR count). The molecule has 0 saturated carbocycles. The van der Waals surface area contributed by atoms with Gasteiger partial charge in [0.1, 0.15) is 5.82 Å². The van der Waals surface area contributed by atoms with E-state index in [-0.39, 0.29) is 0 Å². The van der Waals surface area contributed by atoms with Crippen molar-refractivity contribution in [2.75, 3.05) is 13.2 Å². The first-order valence-corrected chi connectivity index (χ1v) is 4.01. The molecule has 0 spiro atoms. The molecule has 0 aliphatic rings. The first-order valence-electron chi connectivity index (χ1n) is 4.01. The van der Waals surface area contributed by atoms with Gasteiger partial charge in [-0.3, -0.25) is 0 Å². The fourth-order valence-electron chi connectivity index (χ4n) is 0.858. The van der Waals surface area contributed by atoms with Gasteiger partial charge in [0, 0.05) is 18.7 Å². The minimum absolute atomic E-state index is 0.565. The molecule has 0 atom stereocenters. The van der Waals surface area contributed by atoms with Gasteiger partial charge in [-0.05, 0) is 13.5 Å². The smallest absolute Gasteiger partial charge is 0.216 e. The van der Waals surface area contributed by atoms with Crippen LogP contribution in [-0.2, 0) is 6.42 Å². The number of nitrogens with zero attached hydrogens (tertiary/aromatic N) is 2. The highest BCUT2D eigenvalue weighted by Crippen LogP contribution is 2.04. The van der Waals surface area contributed by atoms with Crippen LogP contribution in [0.1, 0.15) is 12.7 Å². The minimum atomic E-state index is 0.565. The summed E-state index contributed by atoms with van der Waals surface area (Å²) in [5.41, 5.74) is 5.36. The lowest BCUT2D eigenvalue weighted by Crippen LogP contribution is -2.07. The van der Waals surface area contributed by atoms with Crippen molar-refractivity contribution < 1.29 is 4.74 Å². The van der Waals surface area contributed by atoms with Crippen LogP contribution < -0.4 is 10.5 Å². The molecule has 0 aliphatic carbocycles. The molecule has 0 saturated heterocycles. The topological polar surface area (TPSA) is 61.0 Å². The SMILES string of the molecule is CCOc1ccnc(CCN)n1. The molecule has 0 unspecified atom stereocenters. The Kier molecular flexibility index (Phi) is 3.47. The highest BCUT2D eigenvalue weighted by atomic mass is 16.5. The van der Waals surface area contributed by atoms with E-state index >= 15 is 0 Å². The van der Waals surface area contributed by atoms with Crippen LogP contribution in [0.25, 0.3) is 0 Å². The van der Waals surface area contributed by atoms with E-state index in [1.54, 1.807) is 12.3 Å². The highest BCUT2D eigenvalue weighted by molar-refractivity contribution is 5.08. The van der Waals surface area contributed by atoms with Gasteiger partial charge in [-0.25, -0.2) is 4.98 Å². The summed E-state index contributed by atoms with van der Waals surface area (Å²) in [5.74, 6) is 1.36. The predicted molar refractivity (Wildman–Crippen MR) is 46.0 cm³/mol. The van der Waals surface area contributed by atoms with Crippen molar-refractivity contribution >= 4 is 0 Å².